The molecule has 3 unspecified atom stereocenters. The lowest BCUT2D eigenvalue weighted by atomic mass is 9.96. The molecule has 0 saturated heterocycles. The predicted molar refractivity (Wildman–Crippen MR) is 102 cm³/mol. The molecule has 0 saturated carbocycles. The van der Waals surface area contributed by atoms with Crippen LogP contribution in [-0.4, -0.2) is 52.0 Å². The Labute approximate surface area is 162 Å². The summed E-state index contributed by atoms with van der Waals surface area (Å²) in [5, 5.41) is 24.8. The van der Waals surface area contributed by atoms with Crippen molar-refractivity contribution in [1.82, 2.24) is 10.6 Å². The van der Waals surface area contributed by atoms with Crippen molar-refractivity contribution in [1.29, 1.82) is 0 Å². The Bertz CT molecular complexity index is 501. The van der Waals surface area contributed by atoms with E-state index >= 15 is 0 Å². The van der Waals surface area contributed by atoms with Gasteiger partial charge >= 0.3 is 12.1 Å². The molecular weight excluding hydrogens is 352 g/mol. The second-order valence-corrected chi connectivity index (χ2v) is 8.42. The molecule has 0 aromatic heterocycles. The molecular formula is C19H36N2O6. The lowest BCUT2D eigenvalue weighted by Crippen LogP contribution is -2.50. The summed E-state index contributed by atoms with van der Waals surface area (Å²) < 4.78 is 5.21. The number of hydrogen-bond acceptors (Lipinski definition) is 5. The van der Waals surface area contributed by atoms with Gasteiger partial charge in [0.2, 0.25) is 5.91 Å². The summed E-state index contributed by atoms with van der Waals surface area (Å²) in [7, 11) is 0. The molecule has 0 aliphatic carbocycles. The van der Waals surface area contributed by atoms with Gasteiger partial charge in [-0.3, -0.25) is 4.79 Å². The van der Waals surface area contributed by atoms with Crippen molar-refractivity contribution in [2.75, 3.05) is 0 Å². The van der Waals surface area contributed by atoms with E-state index < -0.39 is 41.8 Å². The molecule has 4 atom stereocenters. The molecule has 0 aliphatic rings. The number of amides is 2. The van der Waals surface area contributed by atoms with Crippen LogP contribution in [0.4, 0.5) is 4.79 Å². The van der Waals surface area contributed by atoms with E-state index in [1.54, 1.807) is 27.7 Å². The minimum absolute atomic E-state index is 0.162. The van der Waals surface area contributed by atoms with Gasteiger partial charge in [0.05, 0.1) is 18.6 Å². The van der Waals surface area contributed by atoms with Crippen molar-refractivity contribution in [3.63, 3.8) is 0 Å². The zero-order valence-electron chi connectivity index (χ0n) is 17.5. The molecule has 0 spiro atoms. The standard InChI is InChI=1S/C19H36N2O6/c1-8-12(4)16(17(24)25)21-15(23)10-14(22)13(9-11(2)3)20-18(26)27-19(5,6)7/h11-14,16,22H,8-10H2,1-7H3,(H,20,26)(H,21,23)(H,24,25)/t12?,13?,14?,16-/m0/s1. The summed E-state index contributed by atoms with van der Waals surface area (Å²) in [6.07, 6.45) is -1.10. The minimum Gasteiger partial charge on any atom is -0.480 e. The fourth-order valence-corrected chi connectivity index (χ4v) is 2.53. The molecule has 27 heavy (non-hydrogen) atoms. The highest BCUT2D eigenvalue weighted by atomic mass is 16.6. The van der Waals surface area contributed by atoms with Gasteiger partial charge in [-0.1, -0.05) is 34.1 Å². The largest absolute Gasteiger partial charge is 0.480 e. The van der Waals surface area contributed by atoms with Crippen LogP contribution in [0.15, 0.2) is 0 Å². The number of aliphatic hydroxyl groups excluding tert-OH is 1. The zero-order chi connectivity index (χ0) is 21.4. The van der Waals surface area contributed by atoms with E-state index in [9.17, 15) is 24.6 Å². The second-order valence-electron chi connectivity index (χ2n) is 8.42. The van der Waals surface area contributed by atoms with Crippen LogP contribution in [-0.2, 0) is 14.3 Å². The van der Waals surface area contributed by atoms with Gasteiger partial charge in [0.25, 0.3) is 0 Å². The van der Waals surface area contributed by atoms with Gasteiger partial charge in [-0.2, -0.15) is 0 Å². The van der Waals surface area contributed by atoms with E-state index in [0.29, 0.717) is 12.8 Å². The third kappa shape index (κ3) is 10.8. The fourth-order valence-electron chi connectivity index (χ4n) is 2.53. The molecule has 4 N–H and O–H groups in total. The maximum atomic E-state index is 12.2. The van der Waals surface area contributed by atoms with Crippen molar-refractivity contribution < 1.29 is 29.3 Å². The van der Waals surface area contributed by atoms with Crippen LogP contribution in [0.25, 0.3) is 0 Å². The average molecular weight is 389 g/mol. The third-order valence-electron chi connectivity index (χ3n) is 4.08. The number of hydrogen-bond donors (Lipinski definition) is 4. The smallest absolute Gasteiger partial charge is 0.407 e. The molecule has 158 valence electrons. The van der Waals surface area contributed by atoms with Gasteiger partial charge in [-0.15, -0.1) is 0 Å². The van der Waals surface area contributed by atoms with Crippen LogP contribution in [0.5, 0.6) is 0 Å². The van der Waals surface area contributed by atoms with E-state index in [-0.39, 0.29) is 18.3 Å². The number of aliphatic carboxylic acids is 1. The first-order chi connectivity index (χ1) is 12.3. The summed E-state index contributed by atoms with van der Waals surface area (Å²) in [6, 6.07) is -1.70. The molecule has 8 heteroatoms. The first kappa shape index (κ1) is 25.2. The van der Waals surface area contributed by atoms with Crippen molar-refractivity contribution in [2.24, 2.45) is 11.8 Å². The zero-order valence-corrected chi connectivity index (χ0v) is 17.5. The number of rotatable bonds is 10. The van der Waals surface area contributed by atoms with Gasteiger partial charge in [-0.05, 0) is 39.0 Å². The number of aliphatic hydroxyl groups is 1. The van der Waals surface area contributed by atoms with Crippen molar-refractivity contribution in [3.8, 4) is 0 Å². The Morgan fingerprint density at radius 1 is 1.07 bits per heavy atom. The van der Waals surface area contributed by atoms with Crippen LogP contribution < -0.4 is 10.6 Å². The second kappa shape index (κ2) is 11.1. The summed E-state index contributed by atoms with van der Waals surface area (Å²) in [6.45, 7) is 12.6. The summed E-state index contributed by atoms with van der Waals surface area (Å²) >= 11 is 0. The lowest BCUT2D eigenvalue weighted by Gasteiger charge is -2.28. The SMILES string of the molecule is CCC(C)[C@H](NC(=O)CC(O)C(CC(C)C)NC(=O)OC(C)(C)C)C(=O)O. The van der Waals surface area contributed by atoms with E-state index in [1.165, 1.54) is 0 Å². The third-order valence-corrected chi connectivity index (χ3v) is 4.08. The van der Waals surface area contributed by atoms with Gasteiger partial charge in [0.1, 0.15) is 11.6 Å². The summed E-state index contributed by atoms with van der Waals surface area (Å²) in [5.41, 5.74) is -0.681. The Morgan fingerprint density at radius 2 is 1.63 bits per heavy atom. The molecule has 0 bridgehead atoms. The topological polar surface area (TPSA) is 125 Å². The minimum atomic E-state index is -1.16. The number of alkyl carbamates (subject to hydrolysis) is 1. The van der Waals surface area contributed by atoms with E-state index in [2.05, 4.69) is 10.6 Å². The maximum Gasteiger partial charge on any atom is 0.407 e. The Morgan fingerprint density at radius 3 is 2.04 bits per heavy atom. The van der Waals surface area contributed by atoms with Crippen LogP contribution in [0.2, 0.25) is 0 Å². The molecule has 0 aromatic carbocycles. The van der Waals surface area contributed by atoms with Gasteiger partial charge in [-0.25, -0.2) is 9.59 Å². The van der Waals surface area contributed by atoms with Crippen molar-refractivity contribution in [2.45, 2.75) is 91.5 Å². The number of nitrogens with one attached hydrogen (secondary N) is 2. The Hall–Kier alpha value is -1.83. The molecule has 8 nitrogen and oxygen atoms in total. The lowest BCUT2D eigenvalue weighted by molar-refractivity contribution is -0.143. The number of carboxylic acids is 1. The fraction of sp³-hybridized carbons (Fsp3) is 0.842. The first-order valence-electron chi connectivity index (χ1n) is 9.46. The summed E-state index contributed by atoms with van der Waals surface area (Å²) in [5.74, 6) is -1.77. The Balaban J connectivity index is 4.96. The van der Waals surface area contributed by atoms with Crippen LogP contribution in [0.1, 0.15) is 67.7 Å². The number of ether oxygens (including phenoxy) is 1. The summed E-state index contributed by atoms with van der Waals surface area (Å²) in [4.78, 5) is 35.6. The number of carbonyl (C=O) groups excluding carboxylic acids is 2. The van der Waals surface area contributed by atoms with E-state index in [0.717, 1.165) is 0 Å². The molecule has 0 aliphatic heterocycles. The number of carboxylic acid groups (broad SMARTS) is 1. The normalized spacial score (nSPS) is 16.2. The average Bonchev–Trinajstić information content (AvgIpc) is 2.48. The first-order valence-corrected chi connectivity index (χ1v) is 9.46. The maximum absolute atomic E-state index is 12.2. The van der Waals surface area contributed by atoms with Crippen molar-refractivity contribution >= 4 is 18.0 Å². The molecule has 0 fully saturated rings. The Kier molecular flexibility index (Phi) is 10.4. The van der Waals surface area contributed by atoms with E-state index in [4.69, 9.17) is 4.74 Å². The van der Waals surface area contributed by atoms with E-state index in [1.807, 2.05) is 20.8 Å². The highest BCUT2D eigenvalue weighted by molar-refractivity contribution is 5.84. The molecule has 0 rings (SSSR count). The van der Waals surface area contributed by atoms with Crippen LogP contribution >= 0.6 is 0 Å². The van der Waals surface area contributed by atoms with Crippen LogP contribution in [0, 0.1) is 11.8 Å². The van der Waals surface area contributed by atoms with Crippen molar-refractivity contribution in [3.05, 3.63) is 0 Å². The molecule has 0 heterocycles. The highest BCUT2D eigenvalue weighted by Gasteiger charge is 2.30. The predicted octanol–water partition coefficient (Wildman–Crippen LogP) is 2.29. The quantitative estimate of drug-likeness (QED) is 0.455. The van der Waals surface area contributed by atoms with Gasteiger partial charge in [0.15, 0.2) is 0 Å². The van der Waals surface area contributed by atoms with Gasteiger partial charge in [0, 0.05) is 0 Å². The molecule has 0 radical (unpaired) electrons. The highest BCUT2D eigenvalue weighted by Crippen LogP contribution is 2.14. The van der Waals surface area contributed by atoms with Gasteiger partial charge < -0.3 is 25.6 Å². The monoisotopic (exact) mass is 388 g/mol. The number of carbonyl (C=O) groups is 3. The molecule has 2 amide bonds. The van der Waals surface area contributed by atoms with Crippen LogP contribution in [0.3, 0.4) is 0 Å². The molecule has 0 aromatic rings.